The number of halogens is 2. The highest BCUT2D eigenvalue weighted by atomic mass is 79.9. The minimum Gasteiger partial charge on any atom is -0.489 e. The van der Waals surface area contributed by atoms with E-state index in [9.17, 15) is 0 Å². The molecule has 94 valence electrons. The van der Waals surface area contributed by atoms with E-state index in [1.165, 1.54) is 0 Å². The molecule has 2 N–H and O–H groups in total. The van der Waals surface area contributed by atoms with E-state index in [0.29, 0.717) is 18.2 Å². The van der Waals surface area contributed by atoms with Gasteiger partial charge in [0.2, 0.25) is 0 Å². The van der Waals surface area contributed by atoms with Crippen LogP contribution in [0.15, 0.2) is 46.9 Å². The molecule has 0 atom stereocenters. The topological polar surface area (TPSA) is 35.2 Å². The van der Waals surface area contributed by atoms with Crippen LogP contribution >= 0.6 is 27.5 Å². The van der Waals surface area contributed by atoms with Crippen LogP contribution in [0.3, 0.4) is 0 Å². The first kappa shape index (κ1) is 13.4. The summed E-state index contributed by atoms with van der Waals surface area (Å²) in [5, 5.41) is 0.688. The van der Waals surface area contributed by atoms with E-state index < -0.39 is 0 Å². The quantitative estimate of drug-likeness (QED) is 0.916. The lowest BCUT2D eigenvalue weighted by molar-refractivity contribution is 0.306. The molecule has 2 aromatic rings. The predicted octanol–water partition coefficient (Wildman–Crippen LogP) is 4.14. The summed E-state index contributed by atoms with van der Waals surface area (Å²) < 4.78 is 6.67. The van der Waals surface area contributed by atoms with Crippen molar-refractivity contribution in [2.24, 2.45) is 5.73 Å². The van der Waals surface area contributed by atoms with Crippen LogP contribution in [-0.2, 0) is 13.2 Å². The first-order valence-corrected chi connectivity index (χ1v) is 6.72. The Kier molecular flexibility index (Phi) is 4.64. The number of ether oxygens (including phenoxy) is 1. The molecule has 0 radical (unpaired) electrons. The van der Waals surface area contributed by atoms with Gasteiger partial charge >= 0.3 is 0 Å². The second-order valence-electron chi connectivity index (χ2n) is 3.88. The molecule has 0 amide bonds. The maximum absolute atomic E-state index is 6.16. The van der Waals surface area contributed by atoms with Gasteiger partial charge in [0.25, 0.3) is 0 Å². The number of nitrogens with two attached hydrogens (primary N) is 1. The highest BCUT2D eigenvalue weighted by Gasteiger charge is 2.03. The van der Waals surface area contributed by atoms with Crippen LogP contribution in [0.1, 0.15) is 11.1 Å². The normalized spacial score (nSPS) is 10.4. The maximum Gasteiger partial charge on any atom is 0.120 e. The third kappa shape index (κ3) is 3.48. The molecular formula is C14H13BrClNO. The third-order valence-corrected chi connectivity index (χ3v) is 3.39. The summed E-state index contributed by atoms with van der Waals surface area (Å²) in [7, 11) is 0. The number of benzene rings is 2. The molecule has 0 bridgehead atoms. The van der Waals surface area contributed by atoms with Gasteiger partial charge in [-0.1, -0.05) is 45.7 Å². The Hall–Kier alpha value is -1.03. The molecule has 2 aromatic carbocycles. The van der Waals surface area contributed by atoms with Crippen molar-refractivity contribution < 1.29 is 4.74 Å². The first-order valence-electron chi connectivity index (χ1n) is 5.55. The van der Waals surface area contributed by atoms with E-state index >= 15 is 0 Å². The van der Waals surface area contributed by atoms with Crippen LogP contribution in [0.2, 0.25) is 5.02 Å². The van der Waals surface area contributed by atoms with Gasteiger partial charge in [-0.2, -0.15) is 0 Å². The standard InChI is InChI=1S/C14H13BrClNO/c15-12-2-1-3-13(7-12)18-9-11-5-4-10(8-17)6-14(11)16/h1-7H,8-9,17H2. The lowest BCUT2D eigenvalue weighted by atomic mass is 10.1. The summed E-state index contributed by atoms with van der Waals surface area (Å²) >= 11 is 9.56. The molecule has 0 aromatic heterocycles. The number of hydrogen-bond acceptors (Lipinski definition) is 2. The molecule has 18 heavy (non-hydrogen) atoms. The van der Waals surface area contributed by atoms with Crippen molar-refractivity contribution in [3.05, 3.63) is 63.1 Å². The van der Waals surface area contributed by atoms with Crippen LogP contribution in [-0.4, -0.2) is 0 Å². The summed E-state index contributed by atoms with van der Waals surface area (Å²) in [4.78, 5) is 0. The van der Waals surface area contributed by atoms with E-state index in [-0.39, 0.29) is 0 Å². The monoisotopic (exact) mass is 325 g/mol. The van der Waals surface area contributed by atoms with Gasteiger partial charge in [0.1, 0.15) is 12.4 Å². The molecule has 0 heterocycles. The lowest BCUT2D eigenvalue weighted by Gasteiger charge is -2.09. The van der Waals surface area contributed by atoms with Gasteiger partial charge in [-0.15, -0.1) is 0 Å². The predicted molar refractivity (Wildman–Crippen MR) is 77.8 cm³/mol. The fourth-order valence-electron chi connectivity index (χ4n) is 1.55. The SMILES string of the molecule is NCc1ccc(COc2cccc(Br)c2)c(Cl)c1. The van der Waals surface area contributed by atoms with Gasteiger partial charge < -0.3 is 10.5 Å². The highest BCUT2D eigenvalue weighted by molar-refractivity contribution is 9.10. The second kappa shape index (κ2) is 6.23. The van der Waals surface area contributed by atoms with Gasteiger partial charge in [-0.25, -0.2) is 0 Å². The van der Waals surface area contributed by atoms with Crippen LogP contribution in [0, 0.1) is 0 Å². The largest absolute Gasteiger partial charge is 0.489 e. The van der Waals surface area contributed by atoms with Crippen molar-refractivity contribution in [3.63, 3.8) is 0 Å². The second-order valence-corrected chi connectivity index (χ2v) is 5.20. The van der Waals surface area contributed by atoms with Crippen LogP contribution in [0.5, 0.6) is 5.75 Å². The van der Waals surface area contributed by atoms with Crippen molar-refractivity contribution in [1.82, 2.24) is 0 Å². The zero-order valence-corrected chi connectivity index (χ0v) is 12.0. The van der Waals surface area contributed by atoms with Crippen molar-refractivity contribution >= 4 is 27.5 Å². The van der Waals surface area contributed by atoms with Crippen molar-refractivity contribution in [2.75, 3.05) is 0 Å². The van der Waals surface area contributed by atoms with Gasteiger partial charge in [-0.3, -0.25) is 0 Å². The number of rotatable bonds is 4. The van der Waals surface area contributed by atoms with Gasteiger partial charge in [-0.05, 0) is 29.8 Å². The van der Waals surface area contributed by atoms with Crippen molar-refractivity contribution in [1.29, 1.82) is 0 Å². The summed E-state index contributed by atoms with van der Waals surface area (Å²) in [5.41, 5.74) is 7.53. The Morgan fingerprint density at radius 2 is 2.00 bits per heavy atom. The molecule has 0 spiro atoms. The molecule has 0 saturated heterocycles. The summed E-state index contributed by atoms with van der Waals surface area (Å²) in [6, 6.07) is 13.5. The minimum atomic E-state index is 0.445. The average Bonchev–Trinajstić information content (AvgIpc) is 2.37. The lowest BCUT2D eigenvalue weighted by Crippen LogP contribution is -1.99. The zero-order chi connectivity index (χ0) is 13.0. The van der Waals surface area contributed by atoms with E-state index in [2.05, 4.69) is 15.9 Å². The molecular weight excluding hydrogens is 314 g/mol. The first-order chi connectivity index (χ1) is 8.69. The van der Waals surface area contributed by atoms with Gasteiger partial charge in [0, 0.05) is 21.6 Å². The number of hydrogen-bond donors (Lipinski definition) is 1. The smallest absolute Gasteiger partial charge is 0.120 e. The molecule has 0 aliphatic rings. The Bertz CT molecular complexity index is 545. The van der Waals surface area contributed by atoms with E-state index in [4.69, 9.17) is 22.1 Å². The van der Waals surface area contributed by atoms with E-state index in [0.717, 1.165) is 21.3 Å². The van der Waals surface area contributed by atoms with Crippen LogP contribution in [0.4, 0.5) is 0 Å². The van der Waals surface area contributed by atoms with Gasteiger partial charge in [0.15, 0.2) is 0 Å². The molecule has 0 aliphatic carbocycles. The Morgan fingerprint density at radius 1 is 1.17 bits per heavy atom. The van der Waals surface area contributed by atoms with Crippen LogP contribution in [0.25, 0.3) is 0 Å². The summed E-state index contributed by atoms with van der Waals surface area (Å²) in [5.74, 6) is 0.809. The summed E-state index contributed by atoms with van der Waals surface area (Å²) in [6.07, 6.45) is 0. The highest BCUT2D eigenvalue weighted by Crippen LogP contribution is 2.22. The molecule has 0 saturated carbocycles. The minimum absolute atomic E-state index is 0.445. The van der Waals surface area contributed by atoms with E-state index in [1.54, 1.807) is 0 Å². The Labute approximate surface area is 120 Å². The third-order valence-electron chi connectivity index (χ3n) is 2.54. The molecule has 0 aliphatic heterocycles. The summed E-state index contributed by atoms with van der Waals surface area (Å²) in [6.45, 7) is 0.937. The van der Waals surface area contributed by atoms with E-state index in [1.807, 2.05) is 42.5 Å². The fraction of sp³-hybridized carbons (Fsp3) is 0.143. The average molecular weight is 327 g/mol. The fourth-order valence-corrected chi connectivity index (χ4v) is 2.19. The molecule has 2 rings (SSSR count). The molecule has 0 fully saturated rings. The van der Waals surface area contributed by atoms with Crippen LogP contribution < -0.4 is 10.5 Å². The Balaban J connectivity index is 2.06. The molecule has 4 heteroatoms. The van der Waals surface area contributed by atoms with Crippen molar-refractivity contribution in [3.8, 4) is 5.75 Å². The molecule has 2 nitrogen and oxygen atoms in total. The van der Waals surface area contributed by atoms with Gasteiger partial charge in [0.05, 0.1) is 0 Å². The Morgan fingerprint density at radius 3 is 2.67 bits per heavy atom. The maximum atomic E-state index is 6.16. The molecule has 0 unspecified atom stereocenters. The van der Waals surface area contributed by atoms with Crippen molar-refractivity contribution in [2.45, 2.75) is 13.2 Å². The zero-order valence-electron chi connectivity index (χ0n) is 9.70.